The van der Waals surface area contributed by atoms with Crippen LogP contribution in [-0.4, -0.2) is 16.6 Å². The Bertz CT molecular complexity index is 318. The van der Waals surface area contributed by atoms with Gasteiger partial charge in [-0.15, -0.1) is 0 Å². The molecular weight excluding hydrogens is 200 g/mol. The lowest BCUT2D eigenvalue weighted by Crippen LogP contribution is -2.31. The molecule has 16 heavy (non-hydrogen) atoms. The number of rotatable bonds is 4. The molecule has 0 spiro atoms. The number of nitrogens with zero attached hydrogens (tertiary/aromatic N) is 2. The van der Waals surface area contributed by atoms with Gasteiger partial charge in [-0.05, 0) is 24.8 Å². The van der Waals surface area contributed by atoms with Crippen molar-refractivity contribution in [2.24, 2.45) is 11.3 Å². The zero-order valence-electron chi connectivity index (χ0n) is 10.1. The van der Waals surface area contributed by atoms with Gasteiger partial charge in [0.15, 0.2) is 0 Å². The first-order valence-corrected chi connectivity index (χ1v) is 6.13. The largest absolute Gasteiger partial charge is 0.463 e. The van der Waals surface area contributed by atoms with Crippen LogP contribution in [0.15, 0.2) is 18.5 Å². The summed E-state index contributed by atoms with van der Waals surface area (Å²) >= 11 is 0. The molecule has 1 aromatic rings. The van der Waals surface area contributed by atoms with Crippen molar-refractivity contribution in [1.82, 2.24) is 9.97 Å². The Morgan fingerprint density at radius 2 is 1.88 bits per heavy atom. The molecule has 0 bridgehead atoms. The van der Waals surface area contributed by atoms with E-state index in [1.165, 1.54) is 25.7 Å². The summed E-state index contributed by atoms with van der Waals surface area (Å²) in [7, 11) is 0. The Morgan fingerprint density at radius 3 is 2.44 bits per heavy atom. The summed E-state index contributed by atoms with van der Waals surface area (Å²) in [6, 6.07) is 2.31. The van der Waals surface area contributed by atoms with E-state index in [-0.39, 0.29) is 0 Å². The van der Waals surface area contributed by atoms with Crippen molar-refractivity contribution in [2.45, 2.75) is 39.5 Å². The van der Waals surface area contributed by atoms with Gasteiger partial charge >= 0.3 is 6.01 Å². The van der Waals surface area contributed by atoms with Crippen LogP contribution in [0.5, 0.6) is 6.01 Å². The van der Waals surface area contributed by atoms with E-state index in [4.69, 9.17) is 4.74 Å². The van der Waals surface area contributed by atoms with Crippen molar-refractivity contribution in [1.29, 1.82) is 0 Å². The third kappa shape index (κ3) is 2.34. The average Bonchev–Trinajstić information content (AvgIpc) is 2.78. The van der Waals surface area contributed by atoms with E-state index in [9.17, 15) is 0 Å². The third-order valence-electron chi connectivity index (χ3n) is 3.85. The van der Waals surface area contributed by atoms with Crippen LogP contribution < -0.4 is 4.74 Å². The van der Waals surface area contributed by atoms with E-state index >= 15 is 0 Å². The predicted octanol–water partition coefficient (Wildman–Crippen LogP) is 3.07. The lowest BCUT2D eigenvalue weighted by Gasteiger charge is -2.32. The topological polar surface area (TPSA) is 35.0 Å². The average molecular weight is 220 g/mol. The van der Waals surface area contributed by atoms with Crippen molar-refractivity contribution in [3.8, 4) is 6.01 Å². The maximum absolute atomic E-state index is 5.73. The van der Waals surface area contributed by atoms with Gasteiger partial charge in [-0.25, -0.2) is 9.97 Å². The molecular formula is C13H20N2O. The van der Waals surface area contributed by atoms with E-state index < -0.39 is 0 Å². The second kappa shape index (κ2) is 4.81. The molecule has 1 aromatic heterocycles. The van der Waals surface area contributed by atoms with Crippen LogP contribution in [0.2, 0.25) is 0 Å². The summed E-state index contributed by atoms with van der Waals surface area (Å²) in [4.78, 5) is 8.19. The number of hydrogen-bond donors (Lipinski definition) is 0. The molecule has 88 valence electrons. The van der Waals surface area contributed by atoms with Gasteiger partial charge < -0.3 is 4.74 Å². The maximum Gasteiger partial charge on any atom is 0.316 e. The molecule has 0 N–H and O–H groups in total. The zero-order chi connectivity index (χ0) is 11.4. The predicted molar refractivity (Wildman–Crippen MR) is 63.3 cm³/mol. The zero-order valence-corrected chi connectivity index (χ0v) is 10.1. The molecule has 1 aliphatic carbocycles. The fraction of sp³-hybridized carbons (Fsp3) is 0.692. The smallest absolute Gasteiger partial charge is 0.316 e. The van der Waals surface area contributed by atoms with Gasteiger partial charge in [0, 0.05) is 17.8 Å². The van der Waals surface area contributed by atoms with E-state index in [0.29, 0.717) is 17.3 Å². The summed E-state index contributed by atoms with van der Waals surface area (Å²) in [5, 5.41) is 0. The quantitative estimate of drug-likeness (QED) is 0.782. The summed E-state index contributed by atoms with van der Waals surface area (Å²) in [6.45, 7) is 5.34. The molecule has 0 saturated heterocycles. The highest BCUT2D eigenvalue weighted by Gasteiger charge is 2.37. The van der Waals surface area contributed by atoms with Gasteiger partial charge in [-0.1, -0.05) is 26.7 Å². The van der Waals surface area contributed by atoms with Crippen molar-refractivity contribution < 1.29 is 4.74 Å². The number of ether oxygens (including phenoxy) is 1. The van der Waals surface area contributed by atoms with Gasteiger partial charge in [-0.3, -0.25) is 0 Å². The van der Waals surface area contributed by atoms with Gasteiger partial charge in [0.2, 0.25) is 0 Å². The molecule has 0 radical (unpaired) electrons. The van der Waals surface area contributed by atoms with Crippen molar-refractivity contribution in [2.75, 3.05) is 6.61 Å². The van der Waals surface area contributed by atoms with Crippen molar-refractivity contribution in [3.05, 3.63) is 18.5 Å². The first-order valence-electron chi connectivity index (χ1n) is 6.13. The number of hydrogen-bond acceptors (Lipinski definition) is 3. The normalized spacial score (nSPS) is 18.9. The molecule has 1 saturated carbocycles. The van der Waals surface area contributed by atoms with E-state index in [1.807, 2.05) is 0 Å². The summed E-state index contributed by atoms with van der Waals surface area (Å²) in [5.74, 6) is 0.665. The maximum atomic E-state index is 5.73. The summed E-state index contributed by atoms with van der Waals surface area (Å²) < 4.78 is 5.73. The third-order valence-corrected chi connectivity index (χ3v) is 3.85. The minimum Gasteiger partial charge on any atom is -0.463 e. The van der Waals surface area contributed by atoms with E-state index in [0.717, 1.165) is 6.61 Å². The number of aromatic nitrogens is 2. The molecule has 0 atom stereocenters. The SMILES string of the molecule is CC(C)C1(COc2ncccn2)CCCC1. The van der Waals surface area contributed by atoms with Crippen LogP contribution in [0, 0.1) is 11.3 Å². The first-order chi connectivity index (χ1) is 7.73. The molecule has 1 fully saturated rings. The Kier molecular flexibility index (Phi) is 3.42. The van der Waals surface area contributed by atoms with Gasteiger partial charge in [-0.2, -0.15) is 0 Å². The Hall–Kier alpha value is -1.12. The van der Waals surface area contributed by atoms with Gasteiger partial charge in [0.05, 0.1) is 6.61 Å². The molecule has 0 aromatic carbocycles. The van der Waals surface area contributed by atoms with Crippen molar-refractivity contribution in [3.63, 3.8) is 0 Å². The lowest BCUT2D eigenvalue weighted by molar-refractivity contribution is 0.0915. The molecule has 3 nitrogen and oxygen atoms in total. The summed E-state index contributed by atoms with van der Waals surface area (Å²) in [6.07, 6.45) is 8.65. The van der Waals surface area contributed by atoms with Gasteiger partial charge in [0.25, 0.3) is 0 Å². The second-order valence-corrected chi connectivity index (χ2v) is 5.04. The fourth-order valence-electron chi connectivity index (χ4n) is 2.54. The monoisotopic (exact) mass is 220 g/mol. The van der Waals surface area contributed by atoms with Crippen LogP contribution in [0.4, 0.5) is 0 Å². The van der Waals surface area contributed by atoms with Crippen LogP contribution >= 0.6 is 0 Å². The second-order valence-electron chi connectivity index (χ2n) is 5.04. The molecule has 1 aliphatic rings. The highest BCUT2D eigenvalue weighted by atomic mass is 16.5. The van der Waals surface area contributed by atoms with Crippen LogP contribution in [0.3, 0.4) is 0 Å². The standard InChI is InChI=1S/C13H20N2O/c1-11(2)13(6-3-4-7-13)10-16-12-14-8-5-9-15-12/h5,8-9,11H,3-4,6-7,10H2,1-2H3. The molecule has 0 amide bonds. The van der Waals surface area contributed by atoms with E-state index in [2.05, 4.69) is 23.8 Å². The minimum absolute atomic E-state index is 0.346. The van der Waals surface area contributed by atoms with Crippen molar-refractivity contribution >= 4 is 0 Å². The first kappa shape index (κ1) is 11.4. The van der Waals surface area contributed by atoms with E-state index in [1.54, 1.807) is 18.5 Å². The molecule has 2 rings (SSSR count). The minimum atomic E-state index is 0.346. The molecule has 0 unspecified atom stereocenters. The summed E-state index contributed by atoms with van der Waals surface area (Å²) in [5.41, 5.74) is 0.346. The highest BCUT2D eigenvalue weighted by molar-refractivity contribution is 4.95. The Morgan fingerprint density at radius 1 is 1.25 bits per heavy atom. The van der Waals surface area contributed by atoms with Gasteiger partial charge in [0.1, 0.15) is 0 Å². The highest BCUT2D eigenvalue weighted by Crippen LogP contribution is 2.44. The molecule has 0 aliphatic heterocycles. The Balaban J connectivity index is 1.97. The Labute approximate surface area is 97.3 Å². The van der Waals surface area contributed by atoms with Crippen LogP contribution in [0.25, 0.3) is 0 Å². The fourth-order valence-corrected chi connectivity index (χ4v) is 2.54. The van der Waals surface area contributed by atoms with Crippen LogP contribution in [-0.2, 0) is 0 Å². The molecule has 1 heterocycles. The van der Waals surface area contributed by atoms with Crippen LogP contribution in [0.1, 0.15) is 39.5 Å². The lowest BCUT2D eigenvalue weighted by atomic mass is 9.76. The molecule has 3 heteroatoms.